The first kappa shape index (κ1) is 14.2. The molecule has 2 unspecified atom stereocenters. The minimum Gasteiger partial charge on any atom is -0.378 e. The van der Waals surface area contributed by atoms with Crippen molar-refractivity contribution in [3.8, 4) is 0 Å². The van der Waals surface area contributed by atoms with Crippen LogP contribution in [0, 0.1) is 5.82 Å². The fourth-order valence-electron chi connectivity index (χ4n) is 2.33. The standard InChI is InChI=1S/C12H18FN3O2S/c13-9-7-8(19(15,17)18)5-6-11(9)16-12-4-2-1-3-10(12)14/h5-7,10,12,16H,1-4,14H2,(H2,15,17,18). The molecule has 1 aromatic carbocycles. The summed E-state index contributed by atoms with van der Waals surface area (Å²) in [6, 6.07) is 3.60. The van der Waals surface area contributed by atoms with Crippen molar-refractivity contribution in [3.05, 3.63) is 24.0 Å². The SMILES string of the molecule is NC1CCCCC1Nc1ccc(S(N)(=O)=O)cc1F. The molecule has 0 spiro atoms. The Morgan fingerprint density at radius 3 is 2.53 bits per heavy atom. The molecule has 0 radical (unpaired) electrons. The summed E-state index contributed by atoms with van der Waals surface area (Å²) < 4.78 is 36.1. The van der Waals surface area contributed by atoms with Crippen molar-refractivity contribution in [2.24, 2.45) is 10.9 Å². The maximum absolute atomic E-state index is 13.8. The maximum atomic E-state index is 13.8. The van der Waals surface area contributed by atoms with E-state index in [1.54, 1.807) is 0 Å². The molecule has 2 atom stereocenters. The number of halogens is 1. The maximum Gasteiger partial charge on any atom is 0.238 e. The number of nitrogens with one attached hydrogen (secondary N) is 1. The first-order chi connectivity index (χ1) is 8.88. The van der Waals surface area contributed by atoms with Gasteiger partial charge < -0.3 is 11.1 Å². The molecule has 0 bridgehead atoms. The first-order valence-electron chi connectivity index (χ1n) is 6.22. The van der Waals surface area contributed by atoms with Gasteiger partial charge in [0.1, 0.15) is 5.82 Å². The largest absolute Gasteiger partial charge is 0.378 e. The summed E-state index contributed by atoms with van der Waals surface area (Å²) in [4.78, 5) is -0.233. The number of benzene rings is 1. The number of anilines is 1. The highest BCUT2D eigenvalue weighted by Gasteiger charge is 2.22. The smallest absolute Gasteiger partial charge is 0.238 e. The summed E-state index contributed by atoms with van der Waals surface area (Å²) in [6.45, 7) is 0. The van der Waals surface area contributed by atoms with Gasteiger partial charge in [-0.2, -0.15) is 0 Å². The lowest BCUT2D eigenvalue weighted by molar-refractivity contribution is 0.403. The van der Waals surface area contributed by atoms with E-state index < -0.39 is 15.8 Å². The number of hydrogen-bond acceptors (Lipinski definition) is 4. The zero-order chi connectivity index (χ0) is 14.0. The Morgan fingerprint density at radius 1 is 1.26 bits per heavy atom. The van der Waals surface area contributed by atoms with Gasteiger partial charge in [0, 0.05) is 12.1 Å². The number of primary sulfonamides is 1. The third kappa shape index (κ3) is 3.43. The Morgan fingerprint density at radius 2 is 1.95 bits per heavy atom. The third-order valence-electron chi connectivity index (χ3n) is 3.43. The minimum absolute atomic E-state index is 0.00827. The summed E-state index contributed by atoms with van der Waals surface area (Å²) in [5.41, 5.74) is 6.23. The molecule has 0 aliphatic heterocycles. The van der Waals surface area contributed by atoms with Crippen LogP contribution in [0.3, 0.4) is 0 Å². The molecular formula is C12H18FN3O2S. The van der Waals surface area contributed by atoms with Crippen molar-refractivity contribution in [1.82, 2.24) is 0 Å². The molecule has 0 amide bonds. The van der Waals surface area contributed by atoms with E-state index in [1.165, 1.54) is 12.1 Å². The molecule has 5 N–H and O–H groups in total. The van der Waals surface area contributed by atoms with E-state index >= 15 is 0 Å². The van der Waals surface area contributed by atoms with Gasteiger partial charge in [0.05, 0.1) is 10.6 Å². The lowest BCUT2D eigenvalue weighted by atomic mass is 9.91. The van der Waals surface area contributed by atoms with Crippen molar-refractivity contribution in [2.45, 2.75) is 42.7 Å². The molecule has 5 nitrogen and oxygen atoms in total. The van der Waals surface area contributed by atoms with Gasteiger partial charge in [0.15, 0.2) is 0 Å². The predicted molar refractivity (Wildman–Crippen MR) is 71.6 cm³/mol. The molecule has 1 saturated carbocycles. The molecule has 1 aliphatic carbocycles. The van der Waals surface area contributed by atoms with Crippen molar-refractivity contribution in [2.75, 3.05) is 5.32 Å². The van der Waals surface area contributed by atoms with E-state index in [4.69, 9.17) is 10.9 Å². The summed E-state index contributed by atoms with van der Waals surface area (Å²) in [6.07, 6.45) is 3.94. The second kappa shape index (κ2) is 5.44. The van der Waals surface area contributed by atoms with E-state index in [9.17, 15) is 12.8 Å². The highest BCUT2D eigenvalue weighted by molar-refractivity contribution is 7.89. The fraction of sp³-hybridized carbons (Fsp3) is 0.500. The molecule has 106 valence electrons. The zero-order valence-corrected chi connectivity index (χ0v) is 11.3. The number of sulfonamides is 1. The van der Waals surface area contributed by atoms with Crippen LogP contribution in [0.15, 0.2) is 23.1 Å². The molecule has 1 fully saturated rings. The van der Waals surface area contributed by atoms with Crippen LogP contribution in [0.1, 0.15) is 25.7 Å². The average Bonchev–Trinajstić information content (AvgIpc) is 2.33. The fourth-order valence-corrected chi connectivity index (χ4v) is 2.85. The van der Waals surface area contributed by atoms with Gasteiger partial charge in [-0.25, -0.2) is 17.9 Å². The van der Waals surface area contributed by atoms with E-state index in [0.717, 1.165) is 31.7 Å². The molecule has 1 aliphatic rings. The first-order valence-corrected chi connectivity index (χ1v) is 7.77. The minimum atomic E-state index is -3.88. The highest BCUT2D eigenvalue weighted by Crippen LogP contribution is 2.24. The van der Waals surface area contributed by atoms with Gasteiger partial charge in [0.2, 0.25) is 10.0 Å². The predicted octanol–water partition coefficient (Wildman–Crippen LogP) is 1.15. The Hall–Kier alpha value is -1.18. The second-order valence-corrected chi connectivity index (χ2v) is 6.45. The van der Waals surface area contributed by atoms with Crippen LogP contribution >= 0.6 is 0 Å². The molecule has 2 rings (SSSR count). The third-order valence-corrected chi connectivity index (χ3v) is 4.34. The normalized spacial score (nSPS) is 24.2. The molecule has 7 heteroatoms. The number of rotatable bonds is 3. The van der Waals surface area contributed by atoms with E-state index in [-0.39, 0.29) is 22.7 Å². The van der Waals surface area contributed by atoms with Crippen molar-refractivity contribution in [1.29, 1.82) is 0 Å². The van der Waals surface area contributed by atoms with Crippen LogP contribution in [0.5, 0.6) is 0 Å². The van der Waals surface area contributed by atoms with Crippen LogP contribution in [0.25, 0.3) is 0 Å². The van der Waals surface area contributed by atoms with Crippen LogP contribution in [0.2, 0.25) is 0 Å². The molecule has 0 heterocycles. The second-order valence-electron chi connectivity index (χ2n) is 4.89. The highest BCUT2D eigenvalue weighted by atomic mass is 32.2. The van der Waals surface area contributed by atoms with E-state index in [2.05, 4.69) is 5.32 Å². The monoisotopic (exact) mass is 287 g/mol. The summed E-state index contributed by atoms with van der Waals surface area (Å²) in [5, 5.41) is 7.99. The van der Waals surface area contributed by atoms with Crippen LogP contribution in [-0.2, 0) is 10.0 Å². The van der Waals surface area contributed by atoms with Gasteiger partial charge in [-0.1, -0.05) is 12.8 Å². The van der Waals surface area contributed by atoms with Crippen LogP contribution in [-0.4, -0.2) is 20.5 Å². The van der Waals surface area contributed by atoms with E-state index in [1.807, 2.05) is 0 Å². The zero-order valence-electron chi connectivity index (χ0n) is 10.5. The molecular weight excluding hydrogens is 269 g/mol. The number of nitrogens with two attached hydrogens (primary N) is 2. The van der Waals surface area contributed by atoms with Gasteiger partial charge in [-0.3, -0.25) is 0 Å². The van der Waals surface area contributed by atoms with E-state index in [0.29, 0.717) is 0 Å². The van der Waals surface area contributed by atoms with Gasteiger partial charge in [0.25, 0.3) is 0 Å². The Kier molecular flexibility index (Phi) is 4.07. The topological polar surface area (TPSA) is 98.2 Å². The summed E-state index contributed by atoms with van der Waals surface area (Å²) in [5.74, 6) is -0.635. The molecule has 0 saturated heterocycles. The Bertz CT molecular complexity index is 562. The van der Waals surface area contributed by atoms with Crippen LogP contribution in [0.4, 0.5) is 10.1 Å². The summed E-state index contributed by atoms with van der Waals surface area (Å²) in [7, 11) is -3.88. The molecule has 1 aromatic rings. The Labute approximate surface area is 112 Å². The van der Waals surface area contributed by atoms with Gasteiger partial charge >= 0.3 is 0 Å². The van der Waals surface area contributed by atoms with Gasteiger partial charge in [-0.05, 0) is 31.0 Å². The van der Waals surface area contributed by atoms with Crippen molar-refractivity contribution < 1.29 is 12.8 Å². The Balaban J connectivity index is 2.17. The molecule has 0 aromatic heterocycles. The lowest BCUT2D eigenvalue weighted by Crippen LogP contribution is -2.42. The molecule has 19 heavy (non-hydrogen) atoms. The van der Waals surface area contributed by atoms with Crippen molar-refractivity contribution in [3.63, 3.8) is 0 Å². The van der Waals surface area contributed by atoms with Crippen LogP contribution < -0.4 is 16.2 Å². The average molecular weight is 287 g/mol. The van der Waals surface area contributed by atoms with Gasteiger partial charge in [-0.15, -0.1) is 0 Å². The quantitative estimate of drug-likeness (QED) is 0.776. The summed E-state index contributed by atoms with van der Waals surface area (Å²) >= 11 is 0. The lowest BCUT2D eigenvalue weighted by Gasteiger charge is -2.30. The van der Waals surface area contributed by atoms with Crippen molar-refractivity contribution >= 4 is 15.7 Å². The number of hydrogen-bond donors (Lipinski definition) is 3.